The van der Waals surface area contributed by atoms with Crippen LogP contribution < -0.4 is 14.8 Å². The van der Waals surface area contributed by atoms with Crippen LogP contribution in [0.25, 0.3) is 16.4 Å². The van der Waals surface area contributed by atoms with E-state index < -0.39 is 0 Å². The first-order valence-electron chi connectivity index (χ1n) is 12.0. The van der Waals surface area contributed by atoms with Crippen molar-refractivity contribution in [2.75, 3.05) is 12.1 Å². The van der Waals surface area contributed by atoms with Crippen molar-refractivity contribution in [2.24, 2.45) is 0 Å². The van der Waals surface area contributed by atoms with Crippen molar-refractivity contribution in [1.29, 1.82) is 0 Å². The normalized spacial score (nSPS) is 12.2. The minimum absolute atomic E-state index is 0.0580. The molecule has 3 aromatic carbocycles. The summed E-state index contributed by atoms with van der Waals surface area (Å²) in [6.45, 7) is 2.13. The average Bonchev–Trinajstić information content (AvgIpc) is 3.67. The van der Waals surface area contributed by atoms with Crippen molar-refractivity contribution < 1.29 is 14.3 Å². The van der Waals surface area contributed by atoms with Gasteiger partial charge in [0.2, 0.25) is 17.8 Å². The van der Waals surface area contributed by atoms with Crippen LogP contribution >= 0.6 is 11.3 Å². The number of rotatable bonds is 7. The molecule has 0 fully saturated rings. The highest BCUT2D eigenvalue weighted by atomic mass is 32.1. The second-order valence-electron chi connectivity index (χ2n) is 8.79. The van der Waals surface area contributed by atoms with Gasteiger partial charge in [0.25, 0.3) is 0 Å². The summed E-state index contributed by atoms with van der Waals surface area (Å²) in [6.07, 6.45) is 0.304. The first-order chi connectivity index (χ1) is 18.1. The van der Waals surface area contributed by atoms with Gasteiger partial charge >= 0.3 is 0 Å². The number of carbonyl (C=O) groups excluding carboxylic acids is 1. The zero-order valence-corrected chi connectivity index (χ0v) is 20.9. The first-order valence-corrected chi connectivity index (χ1v) is 12.8. The Morgan fingerprint density at radius 1 is 0.973 bits per heavy atom. The van der Waals surface area contributed by atoms with Gasteiger partial charge < -0.3 is 14.8 Å². The van der Waals surface area contributed by atoms with Crippen LogP contribution in [-0.2, 0) is 4.79 Å². The Hall–Kier alpha value is -4.43. The number of hydrogen-bond donors (Lipinski definition) is 1. The van der Waals surface area contributed by atoms with Crippen LogP contribution in [0.2, 0.25) is 0 Å². The Bertz CT molecular complexity index is 1510. The zero-order valence-electron chi connectivity index (χ0n) is 20.1. The second-order valence-corrected chi connectivity index (χ2v) is 9.63. The van der Waals surface area contributed by atoms with E-state index in [1.54, 1.807) is 4.68 Å². The summed E-state index contributed by atoms with van der Waals surface area (Å²) < 4.78 is 12.6. The monoisotopic (exact) mass is 508 g/mol. The molecule has 7 nitrogen and oxygen atoms in total. The van der Waals surface area contributed by atoms with E-state index in [-0.39, 0.29) is 18.6 Å². The molecule has 3 heterocycles. The van der Waals surface area contributed by atoms with Crippen LogP contribution in [-0.4, -0.2) is 27.5 Å². The third kappa shape index (κ3) is 4.83. The molecular formula is C29H24N4O3S. The number of thiazole rings is 1. The molecular weight excluding hydrogens is 484 g/mol. The summed E-state index contributed by atoms with van der Waals surface area (Å²) in [4.78, 5) is 18.1. The van der Waals surface area contributed by atoms with Crippen molar-refractivity contribution in [3.63, 3.8) is 0 Å². The number of carbonyl (C=O) groups is 1. The van der Waals surface area contributed by atoms with Gasteiger partial charge in [-0.05, 0) is 36.2 Å². The van der Waals surface area contributed by atoms with Crippen molar-refractivity contribution >= 4 is 23.1 Å². The van der Waals surface area contributed by atoms with Crippen LogP contribution in [0.3, 0.4) is 0 Å². The SMILES string of the molecule is Cc1cc(NC(=O)CC(c2ccccc2)c2ccccc2)n(-c2nc(-c3ccc4c(c3)OCO4)cs2)n1. The Morgan fingerprint density at radius 3 is 2.41 bits per heavy atom. The summed E-state index contributed by atoms with van der Waals surface area (Å²) in [5, 5.41) is 10.3. The lowest BCUT2D eigenvalue weighted by Crippen LogP contribution is -2.18. The van der Waals surface area contributed by atoms with Crippen LogP contribution in [0.4, 0.5) is 5.82 Å². The minimum Gasteiger partial charge on any atom is -0.454 e. The molecule has 0 spiro atoms. The van der Waals surface area contributed by atoms with Crippen LogP contribution in [0.1, 0.15) is 29.2 Å². The van der Waals surface area contributed by atoms with Gasteiger partial charge in [-0.1, -0.05) is 60.7 Å². The van der Waals surface area contributed by atoms with Crippen LogP contribution in [0, 0.1) is 6.92 Å². The van der Waals surface area contributed by atoms with E-state index in [1.807, 2.05) is 73.0 Å². The molecule has 1 aliphatic heterocycles. The fourth-order valence-electron chi connectivity index (χ4n) is 4.46. The Kier molecular flexibility index (Phi) is 6.16. The van der Waals surface area contributed by atoms with Gasteiger partial charge in [0.15, 0.2) is 11.5 Å². The highest BCUT2D eigenvalue weighted by Gasteiger charge is 2.21. The standard InChI is InChI=1S/C29H24N4O3S/c1-19-14-27(31-28(34)16-23(20-8-4-2-5-9-20)21-10-6-3-7-11-21)33(32-19)29-30-24(17-37-29)22-12-13-25-26(15-22)36-18-35-25/h2-15,17,23H,16,18H2,1H3,(H,31,34). The van der Waals surface area contributed by atoms with Crippen LogP contribution in [0.5, 0.6) is 11.5 Å². The predicted octanol–water partition coefficient (Wildman–Crippen LogP) is 6.19. The number of benzene rings is 3. The molecule has 0 unspecified atom stereocenters. The molecule has 0 saturated carbocycles. The third-order valence-corrected chi connectivity index (χ3v) is 7.05. The molecule has 1 amide bonds. The van der Waals surface area contributed by atoms with Gasteiger partial charge in [-0.2, -0.15) is 9.78 Å². The number of anilines is 1. The fourth-order valence-corrected chi connectivity index (χ4v) is 5.26. The number of nitrogens with zero attached hydrogens (tertiary/aromatic N) is 3. The fraction of sp³-hybridized carbons (Fsp3) is 0.138. The maximum absolute atomic E-state index is 13.3. The molecule has 1 N–H and O–H groups in total. The molecule has 1 aliphatic rings. The molecule has 0 atom stereocenters. The number of hydrogen-bond acceptors (Lipinski definition) is 6. The summed E-state index contributed by atoms with van der Waals surface area (Å²) in [5.41, 5.74) is 4.72. The Labute approximate surface area is 218 Å². The zero-order chi connectivity index (χ0) is 25.2. The predicted molar refractivity (Wildman–Crippen MR) is 144 cm³/mol. The summed E-state index contributed by atoms with van der Waals surface area (Å²) >= 11 is 1.46. The molecule has 2 aromatic heterocycles. The molecule has 0 bridgehead atoms. The Morgan fingerprint density at radius 2 is 1.68 bits per heavy atom. The Balaban J connectivity index is 1.24. The summed E-state index contributed by atoms with van der Waals surface area (Å²) in [6, 6.07) is 27.8. The lowest BCUT2D eigenvalue weighted by molar-refractivity contribution is -0.116. The lowest BCUT2D eigenvalue weighted by atomic mass is 9.88. The summed E-state index contributed by atoms with van der Waals surface area (Å²) in [5.74, 6) is 1.88. The molecule has 0 radical (unpaired) electrons. The lowest BCUT2D eigenvalue weighted by Gasteiger charge is -2.18. The quantitative estimate of drug-likeness (QED) is 0.283. The minimum atomic E-state index is -0.0913. The highest BCUT2D eigenvalue weighted by Crippen LogP contribution is 2.37. The van der Waals surface area contributed by atoms with E-state index in [0.29, 0.717) is 23.1 Å². The third-order valence-electron chi connectivity index (χ3n) is 6.23. The van der Waals surface area contributed by atoms with Gasteiger partial charge in [0.05, 0.1) is 11.4 Å². The first kappa shape index (κ1) is 23.0. The number of aryl methyl sites for hydroxylation is 1. The van der Waals surface area contributed by atoms with Gasteiger partial charge in [-0.25, -0.2) is 4.98 Å². The van der Waals surface area contributed by atoms with Crippen molar-refractivity contribution in [3.8, 4) is 27.9 Å². The number of fused-ring (bicyclic) bond motifs is 1. The van der Waals surface area contributed by atoms with Crippen LogP contribution in [0.15, 0.2) is 90.3 Å². The maximum atomic E-state index is 13.3. The van der Waals surface area contributed by atoms with E-state index in [0.717, 1.165) is 33.8 Å². The average molecular weight is 509 g/mol. The van der Waals surface area contributed by atoms with Crippen molar-refractivity contribution in [1.82, 2.24) is 14.8 Å². The van der Waals surface area contributed by atoms with E-state index >= 15 is 0 Å². The van der Waals surface area contributed by atoms with Crippen molar-refractivity contribution in [2.45, 2.75) is 19.3 Å². The number of nitrogens with one attached hydrogen (secondary N) is 1. The molecule has 0 aliphatic carbocycles. The molecule has 8 heteroatoms. The molecule has 184 valence electrons. The number of amides is 1. The van der Waals surface area contributed by atoms with E-state index in [4.69, 9.17) is 14.5 Å². The second kappa shape index (κ2) is 9.91. The topological polar surface area (TPSA) is 78.3 Å². The molecule has 0 saturated heterocycles. The number of ether oxygens (including phenoxy) is 2. The smallest absolute Gasteiger partial charge is 0.231 e. The largest absolute Gasteiger partial charge is 0.454 e. The highest BCUT2D eigenvalue weighted by molar-refractivity contribution is 7.12. The molecule has 6 rings (SSSR count). The van der Waals surface area contributed by atoms with E-state index in [9.17, 15) is 4.79 Å². The van der Waals surface area contributed by atoms with Gasteiger partial charge in [-0.3, -0.25) is 4.79 Å². The molecule has 37 heavy (non-hydrogen) atoms. The van der Waals surface area contributed by atoms with Gasteiger partial charge in [-0.15, -0.1) is 11.3 Å². The molecule has 5 aromatic rings. The summed E-state index contributed by atoms with van der Waals surface area (Å²) in [7, 11) is 0. The van der Waals surface area contributed by atoms with Crippen molar-refractivity contribution in [3.05, 3.63) is 107 Å². The van der Waals surface area contributed by atoms with Gasteiger partial charge in [0, 0.05) is 29.3 Å². The number of aromatic nitrogens is 3. The van der Waals surface area contributed by atoms with E-state index in [2.05, 4.69) is 34.7 Å². The maximum Gasteiger partial charge on any atom is 0.231 e. The van der Waals surface area contributed by atoms with Gasteiger partial charge in [0.1, 0.15) is 5.82 Å². The van der Waals surface area contributed by atoms with E-state index in [1.165, 1.54) is 11.3 Å².